The molecule has 0 aromatic heterocycles. The number of ether oxygens (including phenoxy) is 1. The molecule has 0 atom stereocenters. The van der Waals surface area contributed by atoms with Crippen LogP contribution in [0.25, 0.3) is 0 Å². The molecule has 3 nitrogen and oxygen atoms in total. The third kappa shape index (κ3) is 5.92. The van der Waals surface area contributed by atoms with E-state index in [0.717, 1.165) is 17.1 Å². The minimum absolute atomic E-state index is 0.0550. The van der Waals surface area contributed by atoms with Gasteiger partial charge in [-0.2, -0.15) is 0 Å². The second-order valence-electron chi connectivity index (χ2n) is 4.62. The molecule has 0 heterocycles. The SMILES string of the molecule is Cc1cccc(OCC(=O)NCCSc2ccccc2)c1. The van der Waals surface area contributed by atoms with Gasteiger partial charge in [0.15, 0.2) is 6.61 Å². The molecule has 1 N–H and O–H groups in total. The normalized spacial score (nSPS) is 10.1. The summed E-state index contributed by atoms with van der Waals surface area (Å²) in [5.74, 6) is 1.48. The Morgan fingerprint density at radius 2 is 1.95 bits per heavy atom. The van der Waals surface area contributed by atoms with Crippen molar-refractivity contribution in [2.45, 2.75) is 11.8 Å². The van der Waals surface area contributed by atoms with Crippen molar-refractivity contribution in [2.24, 2.45) is 0 Å². The molecular weight excluding hydrogens is 282 g/mol. The first-order valence-electron chi connectivity index (χ1n) is 6.88. The maximum Gasteiger partial charge on any atom is 0.257 e. The predicted octanol–water partition coefficient (Wildman–Crippen LogP) is 3.28. The fourth-order valence-corrected chi connectivity index (χ4v) is 2.57. The molecule has 0 spiro atoms. The summed E-state index contributed by atoms with van der Waals surface area (Å²) in [6.07, 6.45) is 0. The molecule has 0 fully saturated rings. The fourth-order valence-electron chi connectivity index (χ4n) is 1.78. The number of hydrogen-bond acceptors (Lipinski definition) is 3. The molecule has 2 aromatic carbocycles. The lowest BCUT2D eigenvalue weighted by Gasteiger charge is -2.08. The lowest BCUT2D eigenvalue weighted by Crippen LogP contribution is -2.30. The second kappa shape index (κ2) is 8.37. The van der Waals surface area contributed by atoms with E-state index in [4.69, 9.17) is 4.74 Å². The number of thioether (sulfide) groups is 1. The highest BCUT2D eigenvalue weighted by molar-refractivity contribution is 7.99. The van der Waals surface area contributed by atoms with Crippen LogP contribution < -0.4 is 10.1 Å². The van der Waals surface area contributed by atoms with Crippen LogP contribution in [-0.2, 0) is 4.79 Å². The predicted molar refractivity (Wildman–Crippen MR) is 86.8 cm³/mol. The van der Waals surface area contributed by atoms with Crippen LogP contribution in [0.1, 0.15) is 5.56 Å². The van der Waals surface area contributed by atoms with Gasteiger partial charge in [-0.15, -0.1) is 11.8 Å². The summed E-state index contributed by atoms with van der Waals surface area (Å²) < 4.78 is 5.45. The largest absolute Gasteiger partial charge is 0.484 e. The molecule has 1 amide bonds. The zero-order chi connectivity index (χ0) is 14.9. The topological polar surface area (TPSA) is 38.3 Å². The molecule has 0 aliphatic rings. The fraction of sp³-hybridized carbons (Fsp3) is 0.235. The van der Waals surface area contributed by atoms with Crippen molar-refractivity contribution in [1.82, 2.24) is 5.32 Å². The van der Waals surface area contributed by atoms with Crippen LogP contribution in [0.3, 0.4) is 0 Å². The van der Waals surface area contributed by atoms with Crippen LogP contribution in [0.4, 0.5) is 0 Å². The number of carbonyl (C=O) groups is 1. The Bertz CT molecular complexity index is 572. The van der Waals surface area contributed by atoms with Gasteiger partial charge >= 0.3 is 0 Å². The van der Waals surface area contributed by atoms with E-state index in [-0.39, 0.29) is 12.5 Å². The highest BCUT2D eigenvalue weighted by Gasteiger charge is 2.02. The van der Waals surface area contributed by atoms with Gasteiger partial charge in [0.1, 0.15) is 5.75 Å². The quantitative estimate of drug-likeness (QED) is 0.630. The maximum atomic E-state index is 11.7. The smallest absolute Gasteiger partial charge is 0.257 e. The van der Waals surface area contributed by atoms with E-state index in [1.54, 1.807) is 11.8 Å². The monoisotopic (exact) mass is 301 g/mol. The van der Waals surface area contributed by atoms with Gasteiger partial charge in [-0.05, 0) is 36.8 Å². The Morgan fingerprint density at radius 3 is 2.71 bits per heavy atom. The molecular formula is C17H19NO2S. The summed E-state index contributed by atoms with van der Waals surface area (Å²) >= 11 is 1.72. The molecule has 0 saturated heterocycles. The summed E-state index contributed by atoms with van der Waals surface area (Å²) in [6, 6.07) is 17.8. The van der Waals surface area contributed by atoms with Gasteiger partial charge in [0.05, 0.1) is 0 Å². The Labute approximate surface area is 129 Å². The van der Waals surface area contributed by atoms with Gasteiger partial charge < -0.3 is 10.1 Å². The van der Waals surface area contributed by atoms with E-state index in [1.165, 1.54) is 4.90 Å². The number of hydrogen-bond donors (Lipinski definition) is 1. The summed E-state index contributed by atoms with van der Waals surface area (Å²) in [6.45, 7) is 2.68. The number of nitrogens with one attached hydrogen (secondary N) is 1. The van der Waals surface area contributed by atoms with Crippen molar-refractivity contribution in [3.8, 4) is 5.75 Å². The van der Waals surface area contributed by atoms with Crippen molar-refractivity contribution in [3.05, 3.63) is 60.2 Å². The van der Waals surface area contributed by atoms with Crippen LogP contribution in [0.2, 0.25) is 0 Å². The van der Waals surface area contributed by atoms with E-state index >= 15 is 0 Å². The third-order valence-electron chi connectivity index (χ3n) is 2.80. The first-order chi connectivity index (χ1) is 10.2. The van der Waals surface area contributed by atoms with Crippen molar-refractivity contribution in [3.63, 3.8) is 0 Å². The first-order valence-corrected chi connectivity index (χ1v) is 7.86. The first kappa shape index (κ1) is 15.4. The van der Waals surface area contributed by atoms with E-state index in [9.17, 15) is 4.79 Å². The second-order valence-corrected chi connectivity index (χ2v) is 5.78. The highest BCUT2D eigenvalue weighted by Crippen LogP contribution is 2.15. The van der Waals surface area contributed by atoms with Crippen molar-refractivity contribution in [2.75, 3.05) is 18.9 Å². The zero-order valence-corrected chi connectivity index (χ0v) is 12.9. The third-order valence-corrected chi connectivity index (χ3v) is 3.81. The van der Waals surface area contributed by atoms with Crippen molar-refractivity contribution in [1.29, 1.82) is 0 Å². The van der Waals surface area contributed by atoms with Crippen molar-refractivity contribution < 1.29 is 9.53 Å². The number of carbonyl (C=O) groups excluding carboxylic acids is 1. The van der Waals surface area contributed by atoms with Gasteiger partial charge in [-0.25, -0.2) is 0 Å². The van der Waals surface area contributed by atoms with Gasteiger partial charge in [0.2, 0.25) is 0 Å². The lowest BCUT2D eigenvalue weighted by molar-refractivity contribution is -0.122. The van der Waals surface area contributed by atoms with Gasteiger partial charge in [-0.1, -0.05) is 30.3 Å². The van der Waals surface area contributed by atoms with Crippen LogP contribution in [0.5, 0.6) is 5.75 Å². The molecule has 0 radical (unpaired) electrons. The van der Waals surface area contributed by atoms with Gasteiger partial charge in [0.25, 0.3) is 5.91 Å². The standard InChI is InChI=1S/C17H19NO2S/c1-14-6-5-7-15(12-14)20-13-17(19)18-10-11-21-16-8-3-2-4-9-16/h2-9,12H,10-11,13H2,1H3,(H,18,19). The minimum atomic E-state index is -0.0924. The zero-order valence-electron chi connectivity index (χ0n) is 12.0. The van der Waals surface area contributed by atoms with Crippen LogP contribution in [-0.4, -0.2) is 24.8 Å². The summed E-state index contributed by atoms with van der Waals surface area (Å²) in [7, 11) is 0. The molecule has 0 saturated carbocycles. The maximum absolute atomic E-state index is 11.7. The molecule has 0 aliphatic carbocycles. The molecule has 21 heavy (non-hydrogen) atoms. The van der Waals surface area contributed by atoms with Gasteiger partial charge in [-0.3, -0.25) is 4.79 Å². The minimum Gasteiger partial charge on any atom is -0.484 e. The molecule has 0 aliphatic heterocycles. The average Bonchev–Trinajstić information content (AvgIpc) is 2.51. The Morgan fingerprint density at radius 1 is 1.14 bits per heavy atom. The number of rotatable bonds is 7. The summed E-state index contributed by atoms with van der Waals surface area (Å²) in [4.78, 5) is 12.9. The molecule has 2 rings (SSSR count). The van der Waals surface area contributed by atoms with Crippen LogP contribution in [0, 0.1) is 6.92 Å². The Kier molecular flexibility index (Phi) is 6.16. The molecule has 110 valence electrons. The van der Waals surface area contributed by atoms with E-state index in [0.29, 0.717) is 6.54 Å². The molecule has 0 unspecified atom stereocenters. The molecule has 4 heteroatoms. The summed E-state index contributed by atoms with van der Waals surface area (Å²) in [5.41, 5.74) is 1.12. The number of aryl methyl sites for hydroxylation is 1. The van der Waals surface area contributed by atoms with Crippen LogP contribution >= 0.6 is 11.8 Å². The molecule has 0 bridgehead atoms. The average molecular weight is 301 g/mol. The Balaban J connectivity index is 1.62. The molecule has 2 aromatic rings. The highest BCUT2D eigenvalue weighted by atomic mass is 32.2. The van der Waals surface area contributed by atoms with Crippen LogP contribution in [0.15, 0.2) is 59.5 Å². The van der Waals surface area contributed by atoms with E-state index in [1.807, 2.05) is 49.4 Å². The number of amides is 1. The summed E-state index contributed by atoms with van der Waals surface area (Å²) in [5, 5.41) is 2.85. The Hall–Kier alpha value is -1.94. The van der Waals surface area contributed by atoms with Gasteiger partial charge in [0, 0.05) is 17.2 Å². The lowest BCUT2D eigenvalue weighted by atomic mass is 10.2. The van der Waals surface area contributed by atoms with E-state index in [2.05, 4.69) is 17.4 Å². The van der Waals surface area contributed by atoms with Crippen molar-refractivity contribution >= 4 is 17.7 Å². The number of benzene rings is 2. The van der Waals surface area contributed by atoms with E-state index < -0.39 is 0 Å².